The van der Waals surface area contributed by atoms with E-state index in [0.717, 1.165) is 17.7 Å². The first-order valence-corrected chi connectivity index (χ1v) is 9.60. The minimum Gasteiger partial charge on any atom is -0.493 e. The van der Waals surface area contributed by atoms with E-state index in [1.54, 1.807) is 0 Å². The first-order chi connectivity index (χ1) is 10.2. The van der Waals surface area contributed by atoms with E-state index in [1.807, 2.05) is 0 Å². The van der Waals surface area contributed by atoms with Gasteiger partial charge in [-0.15, -0.1) is 0 Å². The summed E-state index contributed by atoms with van der Waals surface area (Å²) in [5.74, 6) is 1.65. The molecule has 1 nitrogen and oxygen atoms in total. The maximum absolute atomic E-state index is 6.13. The lowest BCUT2D eigenvalue weighted by Gasteiger charge is -2.30. The van der Waals surface area contributed by atoms with E-state index in [-0.39, 0.29) is 0 Å². The molecule has 0 bridgehead atoms. The molecule has 0 radical (unpaired) electrons. The Bertz CT molecular complexity index is 404. The van der Waals surface area contributed by atoms with E-state index in [1.165, 1.54) is 50.5 Å². The molecule has 0 aromatic heterocycles. The molecule has 1 aromatic rings. The summed E-state index contributed by atoms with van der Waals surface area (Å²) in [6.45, 7) is 5.36. The molecule has 1 saturated carbocycles. The zero-order valence-corrected chi connectivity index (χ0v) is 15.1. The van der Waals surface area contributed by atoms with Gasteiger partial charge in [0.2, 0.25) is 0 Å². The molecule has 0 heterocycles. The van der Waals surface area contributed by atoms with Crippen molar-refractivity contribution in [3.8, 4) is 5.75 Å². The Balaban J connectivity index is 1.94. The van der Waals surface area contributed by atoms with Crippen LogP contribution in [0.5, 0.6) is 5.75 Å². The Morgan fingerprint density at radius 1 is 1.10 bits per heavy atom. The average Bonchev–Trinajstić information content (AvgIpc) is 2.79. The highest BCUT2D eigenvalue weighted by molar-refractivity contribution is 9.09. The van der Waals surface area contributed by atoms with Crippen LogP contribution in [0.15, 0.2) is 24.3 Å². The summed E-state index contributed by atoms with van der Waals surface area (Å²) >= 11 is 3.74. The molecule has 1 aromatic carbocycles. The molecule has 1 atom stereocenters. The number of halogens is 1. The third-order valence-electron chi connectivity index (χ3n) is 5.05. The minimum atomic E-state index is 0.339. The van der Waals surface area contributed by atoms with Crippen molar-refractivity contribution in [3.63, 3.8) is 0 Å². The van der Waals surface area contributed by atoms with Crippen LogP contribution in [0.3, 0.4) is 0 Å². The summed E-state index contributed by atoms with van der Waals surface area (Å²) in [5, 5.41) is 1.06. The van der Waals surface area contributed by atoms with Gasteiger partial charge in [-0.1, -0.05) is 67.6 Å². The van der Waals surface area contributed by atoms with Gasteiger partial charge < -0.3 is 4.74 Å². The molecule has 1 unspecified atom stereocenters. The summed E-state index contributed by atoms with van der Waals surface area (Å²) in [4.78, 5) is 0. The summed E-state index contributed by atoms with van der Waals surface area (Å²) in [5.41, 5.74) is 1.75. The maximum atomic E-state index is 6.13. The average molecular weight is 353 g/mol. The van der Waals surface area contributed by atoms with Gasteiger partial charge in [0.05, 0.1) is 6.61 Å². The predicted octanol–water partition coefficient (Wildman–Crippen LogP) is 6.31. The van der Waals surface area contributed by atoms with Crippen LogP contribution in [-0.4, -0.2) is 11.9 Å². The monoisotopic (exact) mass is 352 g/mol. The largest absolute Gasteiger partial charge is 0.493 e. The Morgan fingerprint density at radius 2 is 1.71 bits per heavy atom. The van der Waals surface area contributed by atoms with Crippen molar-refractivity contribution in [1.29, 1.82) is 0 Å². The van der Waals surface area contributed by atoms with Gasteiger partial charge in [0.1, 0.15) is 5.75 Å². The molecule has 0 amide bonds. The van der Waals surface area contributed by atoms with Crippen molar-refractivity contribution in [2.75, 3.05) is 11.9 Å². The Labute approximate surface area is 138 Å². The van der Waals surface area contributed by atoms with Crippen molar-refractivity contribution < 1.29 is 4.74 Å². The molecular formula is C19H29BrO. The van der Waals surface area contributed by atoms with E-state index in [4.69, 9.17) is 4.74 Å². The molecule has 2 heteroatoms. The summed E-state index contributed by atoms with van der Waals surface area (Å²) < 4.78 is 6.13. The predicted molar refractivity (Wildman–Crippen MR) is 94.6 cm³/mol. The summed E-state index contributed by atoms with van der Waals surface area (Å²) in [7, 11) is 0. The third-order valence-corrected chi connectivity index (χ3v) is 6.24. The van der Waals surface area contributed by atoms with E-state index in [9.17, 15) is 0 Å². The van der Waals surface area contributed by atoms with Gasteiger partial charge in [0.25, 0.3) is 0 Å². The van der Waals surface area contributed by atoms with Crippen LogP contribution in [0.4, 0.5) is 0 Å². The van der Waals surface area contributed by atoms with Crippen LogP contribution in [0.2, 0.25) is 0 Å². The first kappa shape index (κ1) is 16.9. The SMILES string of the molecule is CCC(C)c1ccc(OCC2(CBr)CCCCCC2)cc1. The normalized spacial score (nSPS) is 19.8. The summed E-state index contributed by atoms with van der Waals surface area (Å²) in [6, 6.07) is 8.72. The lowest BCUT2D eigenvalue weighted by Crippen LogP contribution is -2.29. The lowest BCUT2D eigenvalue weighted by molar-refractivity contribution is 0.149. The van der Waals surface area contributed by atoms with Gasteiger partial charge in [-0.05, 0) is 42.9 Å². The zero-order chi connectivity index (χ0) is 15.1. The molecule has 21 heavy (non-hydrogen) atoms. The lowest BCUT2D eigenvalue weighted by atomic mass is 9.83. The molecule has 1 aliphatic carbocycles. The molecular weight excluding hydrogens is 324 g/mol. The van der Waals surface area contributed by atoms with Crippen molar-refractivity contribution in [2.24, 2.45) is 5.41 Å². The van der Waals surface area contributed by atoms with Crippen LogP contribution in [0.1, 0.15) is 70.3 Å². The van der Waals surface area contributed by atoms with Crippen LogP contribution >= 0.6 is 15.9 Å². The fourth-order valence-corrected chi connectivity index (χ4v) is 3.88. The number of hydrogen-bond acceptors (Lipinski definition) is 1. The Morgan fingerprint density at radius 3 is 2.24 bits per heavy atom. The topological polar surface area (TPSA) is 9.23 Å². The molecule has 118 valence electrons. The number of hydrogen-bond donors (Lipinski definition) is 0. The molecule has 1 fully saturated rings. The third kappa shape index (κ3) is 4.74. The first-order valence-electron chi connectivity index (χ1n) is 8.48. The van der Waals surface area contributed by atoms with Gasteiger partial charge >= 0.3 is 0 Å². The van der Waals surface area contributed by atoms with E-state index in [2.05, 4.69) is 54.0 Å². The van der Waals surface area contributed by atoms with Crippen LogP contribution < -0.4 is 4.74 Å². The zero-order valence-electron chi connectivity index (χ0n) is 13.5. The van der Waals surface area contributed by atoms with Gasteiger partial charge in [-0.25, -0.2) is 0 Å². The smallest absolute Gasteiger partial charge is 0.119 e. The fraction of sp³-hybridized carbons (Fsp3) is 0.684. The van der Waals surface area contributed by atoms with Gasteiger partial charge in [0, 0.05) is 10.7 Å². The van der Waals surface area contributed by atoms with Gasteiger partial charge in [-0.3, -0.25) is 0 Å². The fourth-order valence-electron chi connectivity index (χ4n) is 3.16. The van der Waals surface area contributed by atoms with Crippen molar-refractivity contribution in [2.45, 2.75) is 64.7 Å². The van der Waals surface area contributed by atoms with Crippen LogP contribution in [-0.2, 0) is 0 Å². The van der Waals surface area contributed by atoms with Gasteiger partial charge in [0.15, 0.2) is 0 Å². The second kappa shape index (κ2) is 8.22. The van der Waals surface area contributed by atoms with Crippen LogP contribution in [0, 0.1) is 5.41 Å². The van der Waals surface area contributed by atoms with Crippen molar-refractivity contribution in [3.05, 3.63) is 29.8 Å². The number of benzene rings is 1. The van der Waals surface area contributed by atoms with Crippen molar-refractivity contribution >= 4 is 15.9 Å². The van der Waals surface area contributed by atoms with E-state index in [0.29, 0.717) is 11.3 Å². The highest BCUT2D eigenvalue weighted by Crippen LogP contribution is 2.37. The molecule has 0 N–H and O–H groups in total. The van der Waals surface area contributed by atoms with Crippen molar-refractivity contribution in [1.82, 2.24) is 0 Å². The Hall–Kier alpha value is -0.500. The maximum Gasteiger partial charge on any atom is 0.119 e. The molecule has 0 aliphatic heterocycles. The number of rotatable bonds is 6. The second-order valence-electron chi connectivity index (χ2n) is 6.71. The minimum absolute atomic E-state index is 0.339. The van der Waals surface area contributed by atoms with E-state index < -0.39 is 0 Å². The molecule has 0 spiro atoms. The van der Waals surface area contributed by atoms with Gasteiger partial charge in [-0.2, -0.15) is 0 Å². The highest BCUT2D eigenvalue weighted by Gasteiger charge is 2.30. The van der Waals surface area contributed by atoms with Crippen LogP contribution in [0.25, 0.3) is 0 Å². The standard InChI is InChI=1S/C19H29BrO/c1-3-16(2)17-8-10-18(11-9-17)21-15-19(14-20)12-6-4-5-7-13-19/h8-11,16H,3-7,12-15H2,1-2H3. The highest BCUT2D eigenvalue weighted by atomic mass is 79.9. The molecule has 0 saturated heterocycles. The molecule has 1 aliphatic rings. The molecule has 2 rings (SSSR count). The quantitative estimate of drug-likeness (QED) is 0.430. The Kier molecular flexibility index (Phi) is 6.60. The van der Waals surface area contributed by atoms with E-state index >= 15 is 0 Å². The summed E-state index contributed by atoms with van der Waals surface area (Å²) in [6.07, 6.45) is 9.25. The number of alkyl halides is 1. The number of ether oxygens (including phenoxy) is 1. The second-order valence-corrected chi connectivity index (χ2v) is 7.28.